The predicted octanol–water partition coefficient (Wildman–Crippen LogP) is 0.815. The molecule has 1 aliphatic rings. The Bertz CT molecular complexity index is 481. The highest BCUT2D eigenvalue weighted by molar-refractivity contribution is 5.93. The second-order valence-corrected chi connectivity index (χ2v) is 5.08. The molecule has 2 heterocycles. The summed E-state index contributed by atoms with van der Waals surface area (Å²) in [7, 11) is 0. The van der Waals surface area contributed by atoms with E-state index in [0.29, 0.717) is 25.2 Å². The molecule has 1 saturated heterocycles. The second kappa shape index (κ2) is 5.42. The van der Waals surface area contributed by atoms with Crippen molar-refractivity contribution in [1.82, 2.24) is 20.0 Å². The van der Waals surface area contributed by atoms with E-state index >= 15 is 0 Å². The van der Waals surface area contributed by atoms with Crippen LogP contribution in [0.3, 0.4) is 0 Å². The van der Waals surface area contributed by atoms with Crippen molar-refractivity contribution in [1.29, 1.82) is 0 Å². The molecular weight excluding hydrogens is 244 g/mol. The summed E-state index contributed by atoms with van der Waals surface area (Å²) in [6, 6.07) is 1.82. The first kappa shape index (κ1) is 13.6. The molecule has 6 heteroatoms. The molecule has 2 amide bonds. The first-order valence-corrected chi connectivity index (χ1v) is 6.65. The zero-order valence-electron chi connectivity index (χ0n) is 11.6. The van der Waals surface area contributed by atoms with Crippen molar-refractivity contribution in [2.75, 3.05) is 13.1 Å². The van der Waals surface area contributed by atoms with Crippen LogP contribution in [0.1, 0.15) is 43.7 Å². The van der Waals surface area contributed by atoms with Gasteiger partial charge in [0.15, 0.2) is 0 Å². The third kappa shape index (κ3) is 2.94. The van der Waals surface area contributed by atoms with E-state index in [0.717, 1.165) is 0 Å². The summed E-state index contributed by atoms with van der Waals surface area (Å²) < 4.78 is 1.74. The van der Waals surface area contributed by atoms with Gasteiger partial charge in [0.05, 0.1) is 6.04 Å². The number of likely N-dealkylation sites (tertiary alicyclic amines) is 1. The van der Waals surface area contributed by atoms with Crippen molar-refractivity contribution in [3.05, 3.63) is 18.0 Å². The van der Waals surface area contributed by atoms with Crippen LogP contribution in [0.15, 0.2) is 12.3 Å². The summed E-state index contributed by atoms with van der Waals surface area (Å²) in [4.78, 5) is 25.4. The molecule has 104 valence electrons. The van der Waals surface area contributed by atoms with Gasteiger partial charge >= 0.3 is 0 Å². The molecule has 1 aliphatic heterocycles. The number of hydrogen-bond acceptors (Lipinski definition) is 3. The Morgan fingerprint density at radius 1 is 1.58 bits per heavy atom. The van der Waals surface area contributed by atoms with Crippen LogP contribution in [-0.4, -0.2) is 45.6 Å². The predicted molar refractivity (Wildman–Crippen MR) is 70.7 cm³/mol. The Morgan fingerprint density at radius 2 is 2.32 bits per heavy atom. The van der Waals surface area contributed by atoms with E-state index in [4.69, 9.17) is 0 Å². The maximum atomic E-state index is 12.0. The third-order valence-electron chi connectivity index (χ3n) is 3.30. The zero-order valence-corrected chi connectivity index (χ0v) is 11.6. The van der Waals surface area contributed by atoms with E-state index in [9.17, 15) is 9.59 Å². The van der Waals surface area contributed by atoms with Gasteiger partial charge in [0.25, 0.3) is 5.91 Å². The zero-order chi connectivity index (χ0) is 14.0. The number of hydrogen-bond donors (Lipinski definition) is 1. The SMILES string of the molecule is CCN1C[C@H](NC(=O)c2ccn(C(C)C)n2)CC1=O. The normalized spacial score (nSPS) is 19.3. The van der Waals surface area contributed by atoms with Crippen molar-refractivity contribution in [2.24, 2.45) is 0 Å². The van der Waals surface area contributed by atoms with Crippen molar-refractivity contribution in [3.8, 4) is 0 Å². The average molecular weight is 264 g/mol. The Balaban J connectivity index is 1.96. The summed E-state index contributed by atoms with van der Waals surface area (Å²) in [6.45, 7) is 7.22. The van der Waals surface area contributed by atoms with Gasteiger partial charge in [-0.15, -0.1) is 0 Å². The van der Waals surface area contributed by atoms with E-state index in [1.165, 1.54) is 0 Å². The Kier molecular flexibility index (Phi) is 3.87. The standard InChI is InChI=1S/C13H20N4O2/c1-4-16-8-10(7-12(16)18)14-13(19)11-5-6-17(15-11)9(2)3/h5-6,9-10H,4,7-8H2,1-3H3,(H,14,19)/t10-/m1/s1. The highest BCUT2D eigenvalue weighted by Gasteiger charge is 2.29. The minimum atomic E-state index is -0.213. The maximum absolute atomic E-state index is 12.0. The summed E-state index contributed by atoms with van der Waals surface area (Å²) in [6.07, 6.45) is 2.17. The lowest BCUT2D eigenvalue weighted by molar-refractivity contribution is -0.127. The van der Waals surface area contributed by atoms with Crippen LogP contribution in [-0.2, 0) is 4.79 Å². The molecule has 0 bridgehead atoms. The molecule has 1 fully saturated rings. The maximum Gasteiger partial charge on any atom is 0.272 e. The molecule has 1 atom stereocenters. The monoisotopic (exact) mass is 264 g/mol. The summed E-state index contributed by atoms with van der Waals surface area (Å²) in [5.74, 6) is -0.115. The molecule has 1 aromatic heterocycles. The fourth-order valence-electron chi connectivity index (χ4n) is 2.18. The first-order chi connectivity index (χ1) is 9.01. The van der Waals surface area contributed by atoms with Crippen LogP contribution in [0.2, 0.25) is 0 Å². The molecular formula is C13H20N4O2. The second-order valence-electron chi connectivity index (χ2n) is 5.08. The van der Waals surface area contributed by atoms with Crippen molar-refractivity contribution >= 4 is 11.8 Å². The number of nitrogens with one attached hydrogen (secondary N) is 1. The van der Waals surface area contributed by atoms with Gasteiger partial charge in [0.2, 0.25) is 5.91 Å². The molecule has 0 spiro atoms. The van der Waals surface area contributed by atoms with Gasteiger partial charge in [-0.25, -0.2) is 0 Å². The van der Waals surface area contributed by atoms with E-state index in [1.807, 2.05) is 20.8 Å². The topological polar surface area (TPSA) is 67.2 Å². The molecule has 1 N–H and O–H groups in total. The van der Waals surface area contributed by atoms with Crippen LogP contribution in [0.4, 0.5) is 0 Å². The molecule has 0 aromatic carbocycles. The number of likely N-dealkylation sites (N-methyl/N-ethyl adjacent to an activating group) is 1. The van der Waals surface area contributed by atoms with E-state index in [-0.39, 0.29) is 23.9 Å². The van der Waals surface area contributed by atoms with E-state index in [2.05, 4.69) is 10.4 Å². The highest BCUT2D eigenvalue weighted by Crippen LogP contribution is 2.11. The number of aromatic nitrogens is 2. The van der Waals surface area contributed by atoms with Gasteiger partial charge < -0.3 is 10.2 Å². The van der Waals surface area contributed by atoms with Crippen molar-refractivity contribution in [3.63, 3.8) is 0 Å². The van der Waals surface area contributed by atoms with Crippen LogP contribution in [0, 0.1) is 0 Å². The summed E-state index contributed by atoms with van der Waals surface area (Å²) >= 11 is 0. The first-order valence-electron chi connectivity index (χ1n) is 6.65. The fraction of sp³-hybridized carbons (Fsp3) is 0.615. The fourth-order valence-corrected chi connectivity index (χ4v) is 2.18. The smallest absolute Gasteiger partial charge is 0.272 e. The molecule has 0 radical (unpaired) electrons. The number of rotatable bonds is 4. The van der Waals surface area contributed by atoms with Crippen LogP contribution < -0.4 is 5.32 Å². The van der Waals surface area contributed by atoms with Gasteiger partial charge in [-0.3, -0.25) is 14.3 Å². The van der Waals surface area contributed by atoms with Gasteiger partial charge in [-0.05, 0) is 26.8 Å². The van der Waals surface area contributed by atoms with Crippen molar-refractivity contribution in [2.45, 2.75) is 39.3 Å². The van der Waals surface area contributed by atoms with E-state index < -0.39 is 0 Å². The Labute approximate surface area is 112 Å². The molecule has 1 aromatic rings. The lowest BCUT2D eigenvalue weighted by atomic mass is 10.2. The van der Waals surface area contributed by atoms with Gasteiger partial charge in [0, 0.05) is 31.7 Å². The summed E-state index contributed by atoms with van der Waals surface area (Å²) in [5.41, 5.74) is 0.399. The molecule has 6 nitrogen and oxygen atoms in total. The summed E-state index contributed by atoms with van der Waals surface area (Å²) in [5, 5.41) is 7.08. The van der Waals surface area contributed by atoms with Gasteiger partial charge in [-0.2, -0.15) is 5.10 Å². The lowest BCUT2D eigenvalue weighted by Crippen LogP contribution is -2.37. The Hall–Kier alpha value is -1.85. The molecule has 0 aliphatic carbocycles. The van der Waals surface area contributed by atoms with Gasteiger partial charge in [0.1, 0.15) is 5.69 Å². The molecule has 2 rings (SSSR count). The van der Waals surface area contributed by atoms with Gasteiger partial charge in [-0.1, -0.05) is 0 Å². The quantitative estimate of drug-likeness (QED) is 0.875. The lowest BCUT2D eigenvalue weighted by Gasteiger charge is -2.14. The minimum Gasteiger partial charge on any atom is -0.346 e. The number of amides is 2. The van der Waals surface area contributed by atoms with E-state index in [1.54, 1.807) is 21.8 Å². The molecule has 0 saturated carbocycles. The highest BCUT2D eigenvalue weighted by atomic mass is 16.2. The van der Waals surface area contributed by atoms with Crippen molar-refractivity contribution < 1.29 is 9.59 Å². The molecule has 19 heavy (non-hydrogen) atoms. The average Bonchev–Trinajstić information content (AvgIpc) is 2.95. The third-order valence-corrected chi connectivity index (χ3v) is 3.30. The number of nitrogens with zero attached hydrogens (tertiary/aromatic N) is 3. The Morgan fingerprint density at radius 3 is 2.84 bits per heavy atom. The number of carbonyl (C=O) groups excluding carboxylic acids is 2. The largest absolute Gasteiger partial charge is 0.346 e. The minimum absolute atomic E-state index is 0.0977. The van der Waals surface area contributed by atoms with Crippen LogP contribution in [0.5, 0.6) is 0 Å². The molecule has 0 unspecified atom stereocenters. The van der Waals surface area contributed by atoms with Crippen LogP contribution in [0.25, 0.3) is 0 Å². The number of carbonyl (C=O) groups is 2. The van der Waals surface area contributed by atoms with Crippen LogP contribution >= 0.6 is 0 Å².